The average Bonchev–Trinajstić information content (AvgIpc) is 2.65. The van der Waals surface area contributed by atoms with Gasteiger partial charge in [-0.25, -0.2) is 0 Å². The Kier molecular flexibility index (Phi) is 5.86. The first kappa shape index (κ1) is 18.6. The molecule has 0 saturated heterocycles. The molecule has 2 aromatic carbocycles. The van der Waals surface area contributed by atoms with Gasteiger partial charge in [-0.15, -0.1) is 5.10 Å². The highest BCUT2D eigenvalue weighted by atomic mass is 16.5. The monoisotopic (exact) mass is 363 g/mol. The van der Waals surface area contributed by atoms with Crippen molar-refractivity contribution in [2.45, 2.75) is 40.2 Å². The first-order valence-electron chi connectivity index (χ1n) is 9.14. The van der Waals surface area contributed by atoms with Crippen molar-refractivity contribution >= 4 is 23.1 Å². The van der Waals surface area contributed by atoms with E-state index in [0.29, 0.717) is 11.8 Å². The number of para-hydroxylation sites is 1. The van der Waals surface area contributed by atoms with Gasteiger partial charge in [0.25, 0.3) is 0 Å². The van der Waals surface area contributed by atoms with Crippen LogP contribution in [0.4, 0.5) is 23.1 Å². The van der Waals surface area contributed by atoms with Gasteiger partial charge >= 0.3 is 0 Å². The minimum absolute atomic E-state index is 0.147. The van der Waals surface area contributed by atoms with Crippen molar-refractivity contribution in [2.75, 3.05) is 10.6 Å². The molecule has 0 bridgehead atoms. The Morgan fingerprint density at radius 2 is 1.81 bits per heavy atom. The van der Waals surface area contributed by atoms with Gasteiger partial charge in [-0.3, -0.25) is 0 Å². The Balaban J connectivity index is 1.74. The Bertz CT molecular complexity index is 893. The molecule has 2 N–H and O–H groups in total. The molecular formula is C21H25N5O. The highest BCUT2D eigenvalue weighted by molar-refractivity contribution is 5.65. The van der Waals surface area contributed by atoms with Crippen molar-refractivity contribution < 1.29 is 4.74 Å². The van der Waals surface area contributed by atoms with Crippen LogP contribution in [0.3, 0.4) is 0 Å². The molecule has 6 nitrogen and oxygen atoms in total. The molecule has 27 heavy (non-hydrogen) atoms. The summed E-state index contributed by atoms with van der Waals surface area (Å²) in [6.45, 7) is 8.22. The summed E-state index contributed by atoms with van der Waals surface area (Å²) in [5, 5.41) is 14.7. The van der Waals surface area contributed by atoms with Crippen molar-refractivity contribution in [1.29, 1.82) is 0 Å². The van der Waals surface area contributed by atoms with Gasteiger partial charge in [0.15, 0.2) is 5.82 Å². The van der Waals surface area contributed by atoms with Crippen LogP contribution in [-0.4, -0.2) is 21.3 Å². The van der Waals surface area contributed by atoms with Crippen molar-refractivity contribution in [3.63, 3.8) is 0 Å². The quantitative estimate of drug-likeness (QED) is 0.614. The van der Waals surface area contributed by atoms with E-state index in [0.717, 1.165) is 23.5 Å². The summed E-state index contributed by atoms with van der Waals surface area (Å²) in [6, 6.07) is 13.9. The summed E-state index contributed by atoms with van der Waals surface area (Å²) in [5.41, 5.74) is 4.35. The summed E-state index contributed by atoms with van der Waals surface area (Å²) >= 11 is 0. The molecule has 6 heteroatoms. The van der Waals surface area contributed by atoms with Crippen molar-refractivity contribution in [3.05, 3.63) is 59.8 Å². The maximum Gasteiger partial charge on any atom is 0.249 e. The summed E-state index contributed by atoms with van der Waals surface area (Å²) in [5.74, 6) is 1.91. The van der Waals surface area contributed by atoms with Crippen molar-refractivity contribution in [1.82, 2.24) is 15.2 Å². The van der Waals surface area contributed by atoms with Crippen LogP contribution in [0.2, 0.25) is 0 Å². The molecule has 1 heterocycles. The van der Waals surface area contributed by atoms with Crippen molar-refractivity contribution in [2.24, 2.45) is 0 Å². The SMILES string of the molecule is CCc1cccc(C)c1Nc1cnnc(Nc2ccc(OC(C)C)cc2)n1. The zero-order valence-corrected chi connectivity index (χ0v) is 16.2. The molecule has 0 amide bonds. The minimum Gasteiger partial charge on any atom is -0.491 e. The summed E-state index contributed by atoms with van der Waals surface area (Å²) < 4.78 is 5.66. The molecule has 0 aliphatic heterocycles. The zero-order valence-electron chi connectivity index (χ0n) is 16.2. The van der Waals surface area contributed by atoms with Crippen LogP contribution in [-0.2, 0) is 6.42 Å². The Morgan fingerprint density at radius 1 is 1.04 bits per heavy atom. The predicted octanol–water partition coefficient (Wildman–Crippen LogP) is 5.02. The summed E-state index contributed by atoms with van der Waals surface area (Å²) in [4.78, 5) is 4.52. The molecule has 0 spiro atoms. The van der Waals surface area contributed by atoms with Crippen molar-refractivity contribution in [3.8, 4) is 5.75 Å². The number of hydrogen-bond acceptors (Lipinski definition) is 6. The van der Waals surface area contributed by atoms with Gasteiger partial charge in [-0.1, -0.05) is 25.1 Å². The number of hydrogen-bond donors (Lipinski definition) is 2. The zero-order chi connectivity index (χ0) is 19.2. The Hall–Kier alpha value is -3.15. The fourth-order valence-electron chi connectivity index (χ4n) is 2.76. The van der Waals surface area contributed by atoms with E-state index < -0.39 is 0 Å². The number of ether oxygens (including phenoxy) is 1. The topological polar surface area (TPSA) is 72.0 Å². The molecule has 0 saturated carbocycles. The highest BCUT2D eigenvalue weighted by Gasteiger charge is 2.07. The third-order valence-corrected chi connectivity index (χ3v) is 4.03. The van der Waals surface area contributed by atoms with Crippen LogP contribution in [0.25, 0.3) is 0 Å². The van der Waals surface area contributed by atoms with Gasteiger partial charge in [-0.2, -0.15) is 10.1 Å². The number of aryl methyl sites for hydroxylation is 2. The largest absolute Gasteiger partial charge is 0.491 e. The van der Waals surface area contributed by atoms with E-state index >= 15 is 0 Å². The van der Waals surface area contributed by atoms with Crippen LogP contribution in [0.5, 0.6) is 5.75 Å². The molecule has 0 radical (unpaired) electrons. The smallest absolute Gasteiger partial charge is 0.249 e. The average molecular weight is 363 g/mol. The summed E-state index contributed by atoms with van der Waals surface area (Å²) in [7, 11) is 0. The normalized spacial score (nSPS) is 10.7. The van der Waals surface area contributed by atoms with Gasteiger partial charge in [0.05, 0.1) is 12.3 Å². The second-order valence-electron chi connectivity index (χ2n) is 6.57. The molecular weight excluding hydrogens is 338 g/mol. The standard InChI is InChI=1S/C21H25N5O/c1-5-16-8-6-7-15(4)20(16)24-19-13-22-26-21(25-19)23-17-9-11-18(12-10-17)27-14(2)3/h6-14H,5H2,1-4H3,(H2,23,24,25,26). The fourth-order valence-corrected chi connectivity index (χ4v) is 2.76. The van der Waals surface area contributed by atoms with Gasteiger partial charge in [0.1, 0.15) is 5.75 Å². The third kappa shape index (κ3) is 4.94. The third-order valence-electron chi connectivity index (χ3n) is 4.03. The first-order chi connectivity index (χ1) is 13.0. The predicted molar refractivity (Wildman–Crippen MR) is 109 cm³/mol. The number of benzene rings is 2. The highest BCUT2D eigenvalue weighted by Crippen LogP contribution is 2.25. The van der Waals surface area contributed by atoms with Crippen LogP contribution >= 0.6 is 0 Å². The lowest BCUT2D eigenvalue weighted by molar-refractivity contribution is 0.242. The lowest BCUT2D eigenvalue weighted by atomic mass is 10.1. The van der Waals surface area contributed by atoms with Crippen LogP contribution < -0.4 is 15.4 Å². The van der Waals surface area contributed by atoms with E-state index in [1.54, 1.807) is 6.20 Å². The molecule has 1 aromatic heterocycles. The van der Waals surface area contributed by atoms with E-state index in [-0.39, 0.29) is 6.10 Å². The molecule has 0 unspecified atom stereocenters. The summed E-state index contributed by atoms with van der Waals surface area (Å²) in [6.07, 6.45) is 2.71. The number of rotatable bonds is 7. The van der Waals surface area contributed by atoms with Crippen LogP contribution in [0.1, 0.15) is 31.9 Å². The van der Waals surface area contributed by atoms with E-state index in [1.807, 2.05) is 38.1 Å². The minimum atomic E-state index is 0.147. The second-order valence-corrected chi connectivity index (χ2v) is 6.57. The van der Waals surface area contributed by atoms with Crippen LogP contribution in [0, 0.1) is 6.92 Å². The second kappa shape index (κ2) is 8.49. The fraction of sp³-hybridized carbons (Fsp3) is 0.286. The van der Waals surface area contributed by atoms with E-state index in [4.69, 9.17) is 4.74 Å². The van der Waals surface area contributed by atoms with E-state index in [2.05, 4.69) is 57.9 Å². The number of anilines is 4. The molecule has 0 aliphatic carbocycles. The lowest BCUT2D eigenvalue weighted by Gasteiger charge is -2.14. The molecule has 0 fully saturated rings. The Morgan fingerprint density at radius 3 is 2.52 bits per heavy atom. The van der Waals surface area contributed by atoms with Gasteiger partial charge in [0, 0.05) is 11.4 Å². The van der Waals surface area contributed by atoms with Gasteiger partial charge in [0.2, 0.25) is 5.95 Å². The molecule has 3 aromatic rings. The van der Waals surface area contributed by atoms with E-state index in [9.17, 15) is 0 Å². The van der Waals surface area contributed by atoms with Gasteiger partial charge in [-0.05, 0) is 62.6 Å². The molecule has 0 atom stereocenters. The first-order valence-corrected chi connectivity index (χ1v) is 9.14. The lowest BCUT2D eigenvalue weighted by Crippen LogP contribution is -2.06. The number of nitrogens with one attached hydrogen (secondary N) is 2. The Labute approximate surface area is 160 Å². The molecule has 0 aliphatic rings. The van der Waals surface area contributed by atoms with E-state index in [1.165, 1.54) is 11.1 Å². The van der Waals surface area contributed by atoms with Crippen LogP contribution in [0.15, 0.2) is 48.7 Å². The number of nitrogens with zero attached hydrogens (tertiary/aromatic N) is 3. The number of aromatic nitrogens is 3. The maximum absolute atomic E-state index is 5.66. The maximum atomic E-state index is 5.66. The molecule has 3 rings (SSSR count). The van der Waals surface area contributed by atoms with Gasteiger partial charge < -0.3 is 15.4 Å². The molecule has 140 valence electrons.